The molecule has 0 spiro atoms. The first kappa shape index (κ1) is 15.1. The largest absolute Gasteiger partial charge is 0.307 e. The normalized spacial score (nSPS) is 12.3. The summed E-state index contributed by atoms with van der Waals surface area (Å²) in [5, 5.41) is 4.32. The quantitative estimate of drug-likeness (QED) is 0.789. The third kappa shape index (κ3) is 3.84. The number of rotatable bonds is 6. The molecule has 2 heteroatoms. The van der Waals surface area contributed by atoms with Gasteiger partial charge in [-0.3, -0.25) is 0 Å². The van der Waals surface area contributed by atoms with Crippen LogP contribution in [0.2, 0.25) is 5.02 Å². The predicted octanol–water partition coefficient (Wildman–Crippen LogP) is 4.99. The van der Waals surface area contributed by atoms with E-state index in [0.717, 1.165) is 18.0 Å². The molecule has 0 radical (unpaired) electrons. The van der Waals surface area contributed by atoms with Crippen LogP contribution in [0.15, 0.2) is 48.5 Å². The highest BCUT2D eigenvalue weighted by Gasteiger charge is 2.13. The van der Waals surface area contributed by atoms with Gasteiger partial charge in [0.2, 0.25) is 0 Å². The van der Waals surface area contributed by atoms with E-state index in [2.05, 4.69) is 49.5 Å². The maximum atomic E-state index is 6.12. The Morgan fingerprint density at radius 2 is 1.75 bits per heavy atom. The minimum Gasteiger partial charge on any atom is -0.307 e. The Bertz CT molecular complexity index is 533. The van der Waals surface area contributed by atoms with Crippen LogP contribution in [0.4, 0.5) is 0 Å². The average molecular weight is 288 g/mol. The molecule has 2 aromatic carbocycles. The van der Waals surface area contributed by atoms with Crippen molar-refractivity contribution >= 4 is 11.6 Å². The van der Waals surface area contributed by atoms with Gasteiger partial charge in [-0.1, -0.05) is 68.3 Å². The fourth-order valence-electron chi connectivity index (χ4n) is 2.48. The molecule has 0 aliphatic carbocycles. The molecule has 2 rings (SSSR count). The van der Waals surface area contributed by atoms with Gasteiger partial charge in [-0.25, -0.2) is 0 Å². The standard InChI is InChI=1S/C18H22ClN/c1-3-6-14-9-11-15(12-10-14)18(20-4-2)16-7-5-8-17(19)13-16/h5,7-13,18,20H,3-4,6H2,1-2H3. The van der Waals surface area contributed by atoms with Gasteiger partial charge in [0.05, 0.1) is 6.04 Å². The third-order valence-electron chi connectivity index (χ3n) is 3.44. The zero-order chi connectivity index (χ0) is 14.4. The molecule has 1 unspecified atom stereocenters. The summed E-state index contributed by atoms with van der Waals surface area (Å²) in [7, 11) is 0. The van der Waals surface area contributed by atoms with Crippen LogP contribution in [-0.2, 0) is 6.42 Å². The lowest BCUT2D eigenvalue weighted by atomic mass is 9.97. The summed E-state index contributed by atoms with van der Waals surface area (Å²) in [6.07, 6.45) is 2.33. The summed E-state index contributed by atoms with van der Waals surface area (Å²) in [5.41, 5.74) is 3.90. The van der Waals surface area contributed by atoms with E-state index in [1.165, 1.54) is 23.1 Å². The number of halogens is 1. The Morgan fingerprint density at radius 3 is 2.35 bits per heavy atom. The molecular formula is C18H22ClN. The highest BCUT2D eigenvalue weighted by Crippen LogP contribution is 2.24. The summed E-state index contributed by atoms with van der Waals surface area (Å²) in [6.45, 7) is 5.26. The smallest absolute Gasteiger partial charge is 0.0577 e. The van der Waals surface area contributed by atoms with Gasteiger partial charge >= 0.3 is 0 Å². The maximum absolute atomic E-state index is 6.12. The van der Waals surface area contributed by atoms with E-state index < -0.39 is 0 Å². The lowest BCUT2D eigenvalue weighted by Crippen LogP contribution is -2.21. The van der Waals surface area contributed by atoms with Gasteiger partial charge in [0.25, 0.3) is 0 Å². The van der Waals surface area contributed by atoms with Gasteiger partial charge in [0.1, 0.15) is 0 Å². The Morgan fingerprint density at radius 1 is 1.00 bits per heavy atom. The van der Waals surface area contributed by atoms with Crippen molar-refractivity contribution in [3.63, 3.8) is 0 Å². The van der Waals surface area contributed by atoms with Crippen LogP contribution in [0.25, 0.3) is 0 Å². The van der Waals surface area contributed by atoms with E-state index in [1.54, 1.807) is 0 Å². The molecule has 0 saturated heterocycles. The first-order valence-corrected chi connectivity index (χ1v) is 7.70. The van der Waals surface area contributed by atoms with Crippen LogP contribution >= 0.6 is 11.6 Å². The summed E-state index contributed by atoms with van der Waals surface area (Å²) in [5.74, 6) is 0. The fraction of sp³-hybridized carbons (Fsp3) is 0.333. The van der Waals surface area contributed by atoms with Gasteiger partial charge in [-0.05, 0) is 41.8 Å². The molecule has 0 saturated carbocycles. The lowest BCUT2D eigenvalue weighted by Gasteiger charge is -2.19. The molecule has 0 aliphatic heterocycles. The summed E-state index contributed by atoms with van der Waals surface area (Å²) in [4.78, 5) is 0. The van der Waals surface area contributed by atoms with E-state index in [-0.39, 0.29) is 6.04 Å². The third-order valence-corrected chi connectivity index (χ3v) is 3.68. The van der Waals surface area contributed by atoms with Crippen molar-refractivity contribution < 1.29 is 0 Å². The molecule has 0 heterocycles. The Balaban J connectivity index is 2.28. The summed E-state index contributed by atoms with van der Waals surface area (Å²) < 4.78 is 0. The molecule has 2 aromatic rings. The molecule has 1 nitrogen and oxygen atoms in total. The van der Waals surface area contributed by atoms with Crippen molar-refractivity contribution in [1.82, 2.24) is 5.32 Å². The molecule has 0 amide bonds. The first-order chi connectivity index (χ1) is 9.74. The van der Waals surface area contributed by atoms with Gasteiger partial charge in [0.15, 0.2) is 0 Å². The molecule has 0 bridgehead atoms. The SMILES string of the molecule is CCCc1ccc(C(NCC)c2cccc(Cl)c2)cc1. The van der Waals surface area contributed by atoms with Crippen LogP contribution < -0.4 is 5.32 Å². The molecule has 0 aliphatic rings. The van der Waals surface area contributed by atoms with Gasteiger partial charge in [-0.15, -0.1) is 0 Å². The van der Waals surface area contributed by atoms with Gasteiger partial charge < -0.3 is 5.32 Å². The number of aryl methyl sites for hydroxylation is 1. The van der Waals surface area contributed by atoms with Crippen molar-refractivity contribution in [3.05, 3.63) is 70.2 Å². The molecule has 1 atom stereocenters. The molecule has 0 aromatic heterocycles. The Kier molecular flexibility index (Phi) is 5.63. The summed E-state index contributed by atoms with van der Waals surface area (Å²) in [6, 6.07) is 17.2. The van der Waals surface area contributed by atoms with E-state index in [9.17, 15) is 0 Å². The zero-order valence-electron chi connectivity index (χ0n) is 12.2. The van der Waals surface area contributed by atoms with E-state index in [1.807, 2.05) is 18.2 Å². The van der Waals surface area contributed by atoms with Crippen LogP contribution in [-0.4, -0.2) is 6.54 Å². The van der Waals surface area contributed by atoms with Crippen LogP contribution in [0.3, 0.4) is 0 Å². The number of hydrogen-bond acceptors (Lipinski definition) is 1. The van der Waals surface area contributed by atoms with E-state index in [0.29, 0.717) is 0 Å². The highest BCUT2D eigenvalue weighted by molar-refractivity contribution is 6.30. The molecule has 1 N–H and O–H groups in total. The van der Waals surface area contributed by atoms with Gasteiger partial charge in [-0.2, -0.15) is 0 Å². The monoisotopic (exact) mass is 287 g/mol. The van der Waals surface area contributed by atoms with Crippen LogP contribution in [0.1, 0.15) is 43.0 Å². The molecule has 0 fully saturated rings. The Hall–Kier alpha value is -1.31. The molecular weight excluding hydrogens is 266 g/mol. The second kappa shape index (κ2) is 7.47. The number of hydrogen-bond donors (Lipinski definition) is 1. The van der Waals surface area contributed by atoms with E-state index in [4.69, 9.17) is 11.6 Å². The van der Waals surface area contributed by atoms with Crippen molar-refractivity contribution in [2.45, 2.75) is 32.7 Å². The second-order valence-corrected chi connectivity index (χ2v) is 5.47. The van der Waals surface area contributed by atoms with Crippen LogP contribution in [0.5, 0.6) is 0 Å². The summed E-state index contributed by atoms with van der Waals surface area (Å²) >= 11 is 6.12. The second-order valence-electron chi connectivity index (χ2n) is 5.04. The van der Waals surface area contributed by atoms with Crippen molar-refractivity contribution in [3.8, 4) is 0 Å². The number of benzene rings is 2. The maximum Gasteiger partial charge on any atom is 0.0577 e. The number of nitrogens with one attached hydrogen (secondary N) is 1. The predicted molar refractivity (Wildman–Crippen MR) is 87.4 cm³/mol. The van der Waals surface area contributed by atoms with Crippen molar-refractivity contribution in [1.29, 1.82) is 0 Å². The minimum atomic E-state index is 0.203. The Labute approximate surface area is 127 Å². The highest BCUT2D eigenvalue weighted by atomic mass is 35.5. The average Bonchev–Trinajstić information content (AvgIpc) is 2.46. The minimum absolute atomic E-state index is 0.203. The fourth-order valence-corrected chi connectivity index (χ4v) is 2.68. The van der Waals surface area contributed by atoms with Crippen molar-refractivity contribution in [2.75, 3.05) is 6.54 Å². The molecule has 20 heavy (non-hydrogen) atoms. The van der Waals surface area contributed by atoms with Crippen LogP contribution in [0, 0.1) is 0 Å². The lowest BCUT2D eigenvalue weighted by molar-refractivity contribution is 0.630. The molecule has 106 valence electrons. The first-order valence-electron chi connectivity index (χ1n) is 7.32. The zero-order valence-corrected chi connectivity index (χ0v) is 13.0. The topological polar surface area (TPSA) is 12.0 Å². The van der Waals surface area contributed by atoms with Crippen molar-refractivity contribution in [2.24, 2.45) is 0 Å². The van der Waals surface area contributed by atoms with Gasteiger partial charge in [0, 0.05) is 5.02 Å². The van der Waals surface area contributed by atoms with E-state index >= 15 is 0 Å².